The van der Waals surface area contributed by atoms with E-state index in [1.807, 2.05) is 0 Å². The SMILES string of the molecule is C=C(C)C=C[CH2][Ru]([C]1=CC=CC1)[C]1=CC=CC1. The van der Waals surface area contributed by atoms with Crippen molar-refractivity contribution in [1.29, 1.82) is 0 Å². The maximum absolute atomic E-state index is 3.92. The molecule has 0 bridgehead atoms. The van der Waals surface area contributed by atoms with E-state index in [4.69, 9.17) is 0 Å². The van der Waals surface area contributed by atoms with Crippen LogP contribution in [0.3, 0.4) is 0 Å². The molecule has 1 heteroatoms. The van der Waals surface area contributed by atoms with E-state index < -0.39 is 16.0 Å². The first-order valence-electron chi connectivity index (χ1n) is 5.92. The molecule has 0 N–H and O–H groups in total. The third-order valence-corrected chi connectivity index (χ3v) is 7.72. The minimum atomic E-state index is -0.977. The summed E-state index contributed by atoms with van der Waals surface area (Å²) in [4.78, 5) is 0. The Morgan fingerprint density at radius 2 is 1.82 bits per heavy atom. The standard InChI is InChI=1S/C6H9.2C5H5.Ru/c1-4-5-6(2)3;2*1-2-4-5-3-1;/h4-5H,1-2H2,3H3;2*1-3H,4H2;. The average molecular weight is 312 g/mol. The molecule has 0 aromatic carbocycles. The van der Waals surface area contributed by atoms with Gasteiger partial charge in [-0.2, -0.15) is 0 Å². The van der Waals surface area contributed by atoms with Crippen molar-refractivity contribution in [3.05, 3.63) is 69.1 Å². The summed E-state index contributed by atoms with van der Waals surface area (Å²) in [6.45, 7) is 5.98. The van der Waals surface area contributed by atoms with Crippen molar-refractivity contribution in [3.8, 4) is 0 Å². The Kier molecular flexibility index (Phi) is 4.51. The monoisotopic (exact) mass is 313 g/mol. The van der Waals surface area contributed by atoms with Gasteiger partial charge in [-0.15, -0.1) is 0 Å². The molecule has 0 heterocycles. The van der Waals surface area contributed by atoms with E-state index in [0.29, 0.717) is 0 Å². The zero-order valence-corrected chi connectivity index (χ0v) is 12.0. The quantitative estimate of drug-likeness (QED) is 0.503. The molecule has 0 spiro atoms. The molecular formula is C16H19Ru. The van der Waals surface area contributed by atoms with Crippen LogP contribution in [-0.2, 0) is 16.0 Å². The summed E-state index contributed by atoms with van der Waals surface area (Å²) in [6, 6.07) is 0. The Labute approximate surface area is 110 Å². The van der Waals surface area contributed by atoms with Crippen molar-refractivity contribution >= 4 is 0 Å². The first-order chi connectivity index (χ1) is 8.27. The van der Waals surface area contributed by atoms with E-state index in [-0.39, 0.29) is 0 Å². The molecule has 0 nitrogen and oxygen atoms in total. The Morgan fingerprint density at radius 3 is 2.24 bits per heavy atom. The molecule has 0 amide bonds. The normalized spacial score (nSPS) is 18.8. The van der Waals surface area contributed by atoms with Gasteiger partial charge in [-0.1, -0.05) is 0 Å². The second kappa shape index (κ2) is 6.12. The fourth-order valence-corrected chi connectivity index (χ4v) is 6.35. The Hall–Kier alpha value is -0.937. The van der Waals surface area contributed by atoms with E-state index in [0.717, 1.165) is 5.57 Å². The molecule has 0 saturated carbocycles. The minimum absolute atomic E-state index is 0.977. The summed E-state index contributed by atoms with van der Waals surface area (Å²) in [5.74, 6) is 0. The van der Waals surface area contributed by atoms with Crippen molar-refractivity contribution in [2.75, 3.05) is 0 Å². The molecule has 0 radical (unpaired) electrons. The van der Waals surface area contributed by atoms with Crippen LogP contribution in [0.4, 0.5) is 0 Å². The van der Waals surface area contributed by atoms with Crippen LogP contribution in [-0.4, -0.2) is 0 Å². The van der Waals surface area contributed by atoms with Gasteiger partial charge in [0.05, 0.1) is 0 Å². The van der Waals surface area contributed by atoms with Gasteiger partial charge in [-0.05, 0) is 0 Å². The molecule has 2 rings (SSSR count). The first-order valence-corrected chi connectivity index (χ1v) is 8.89. The number of hydrogen-bond donors (Lipinski definition) is 0. The van der Waals surface area contributed by atoms with Crippen LogP contribution in [0.5, 0.6) is 0 Å². The molecular weight excluding hydrogens is 293 g/mol. The van der Waals surface area contributed by atoms with Gasteiger partial charge in [-0.3, -0.25) is 0 Å². The summed E-state index contributed by atoms with van der Waals surface area (Å²) in [5.41, 5.74) is 1.15. The van der Waals surface area contributed by atoms with Gasteiger partial charge in [0, 0.05) is 0 Å². The van der Waals surface area contributed by atoms with Crippen LogP contribution in [0.15, 0.2) is 69.1 Å². The summed E-state index contributed by atoms with van der Waals surface area (Å²) in [5, 5.41) is 1.23. The molecule has 91 valence electrons. The third-order valence-electron chi connectivity index (χ3n) is 2.61. The van der Waals surface area contributed by atoms with Crippen molar-refractivity contribution in [2.45, 2.75) is 24.8 Å². The average Bonchev–Trinajstić information content (AvgIpc) is 2.97. The topological polar surface area (TPSA) is 0 Å². The van der Waals surface area contributed by atoms with Crippen LogP contribution in [0.2, 0.25) is 5.02 Å². The molecule has 0 fully saturated rings. The second-order valence-corrected chi connectivity index (χ2v) is 8.80. The van der Waals surface area contributed by atoms with E-state index in [2.05, 4.69) is 62.1 Å². The molecule has 2 aliphatic rings. The van der Waals surface area contributed by atoms with Crippen molar-refractivity contribution in [3.63, 3.8) is 0 Å². The summed E-state index contributed by atoms with van der Waals surface area (Å²) >= 11 is -0.977. The third kappa shape index (κ3) is 3.51. The van der Waals surface area contributed by atoms with Gasteiger partial charge in [0.1, 0.15) is 0 Å². The Bertz CT molecular complexity index is 414. The molecule has 0 aromatic rings. The number of allylic oxidation sites excluding steroid dienone is 11. The zero-order chi connectivity index (χ0) is 12.1. The molecule has 2 aliphatic carbocycles. The fourth-order valence-electron chi connectivity index (χ4n) is 1.81. The molecule has 0 unspecified atom stereocenters. The maximum atomic E-state index is 3.92. The first kappa shape index (κ1) is 12.5. The predicted octanol–water partition coefficient (Wildman–Crippen LogP) is 4.84. The van der Waals surface area contributed by atoms with Crippen LogP contribution < -0.4 is 0 Å². The summed E-state index contributed by atoms with van der Waals surface area (Å²) in [7, 11) is 0. The number of hydrogen-bond acceptors (Lipinski definition) is 0. The van der Waals surface area contributed by atoms with E-state index in [9.17, 15) is 0 Å². The van der Waals surface area contributed by atoms with Crippen molar-refractivity contribution < 1.29 is 16.0 Å². The van der Waals surface area contributed by atoms with E-state index >= 15 is 0 Å². The van der Waals surface area contributed by atoms with Gasteiger partial charge in [0.25, 0.3) is 0 Å². The van der Waals surface area contributed by atoms with E-state index in [1.165, 1.54) is 17.9 Å². The van der Waals surface area contributed by atoms with E-state index in [1.54, 1.807) is 8.33 Å². The van der Waals surface area contributed by atoms with Gasteiger partial charge >= 0.3 is 110 Å². The van der Waals surface area contributed by atoms with Crippen LogP contribution >= 0.6 is 0 Å². The molecule has 17 heavy (non-hydrogen) atoms. The Morgan fingerprint density at radius 1 is 1.24 bits per heavy atom. The van der Waals surface area contributed by atoms with Gasteiger partial charge in [0.15, 0.2) is 0 Å². The van der Waals surface area contributed by atoms with Gasteiger partial charge in [-0.25, -0.2) is 0 Å². The van der Waals surface area contributed by atoms with Crippen LogP contribution in [0.25, 0.3) is 0 Å². The zero-order valence-electron chi connectivity index (χ0n) is 10.3. The fraction of sp³-hybridized carbons (Fsp3) is 0.250. The Balaban J connectivity index is 2.05. The van der Waals surface area contributed by atoms with Gasteiger partial charge in [0.2, 0.25) is 0 Å². The van der Waals surface area contributed by atoms with Crippen molar-refractivity contribution in [2.24, 2.45) is 0 Å². The molecule has 0 atom stereocenters. The molecule has 0 saturated heterocycles. The summed E-state index contributed by atoms with van der Waals surface area (Å²) in [6.07, 6.45) is 20.5. The molecule has 0 aromatic heterocycles. The summed E-state index contributed by atoms with van der Waals surface area (Å²) < 4.78 is 3.38. The van der Waals surface area contributed by atoms with Gasteiger partial charge < -0.3 is 0 Å². The van der Waals surface area contributed by atoms with Crippen LogP contribution in [0, 0.1) is 0 Å². The van der Waals surface area contributed by atoms with Crippen molar-refractivity contribution in [1.82, 2.24) is 0 Å². The number of rotatable bonds is 5. The predicted molar refractivity (Wildman–Crippen MR) is 72.4 cm³/mol. The second-order valence-electron chi connectivity index (χ2n) is 4.19. The van der Waals surface area contributed by atoms with Crippen LogP contribution in [0.1, 0.15) is 19.8 Å². The molecule has 0 aliphatic heterocycles.